The summed E-state index contributed by atoms with van der Waals surface area (Å²) in [5.41, 5.74) is 0.774. The van der Waals surface area contributed by atoms with Crippen molar-refractivity contribution >= 4 is 34.0 Å². The van der Waals surface area contributed by atoms with E-state index in [0.717, 1.165) is 21.2 Å². The van der Waals surface area contributed by atoms with Crippen LogP contribution in [0.3, 0.4) is 0 Å². The summed E-state index contributed by atoms with van der Waals surface area (Å²) in [6.07, 6.45) is 0.918. The summed E-state index contributed by atoms with van der Waals surface area (Å²) in [6.45, 7) is 6.57. The molecule has 82 valence electrons. The van der Waals surface area contributed by atoms with Gasteiger partial charge in [-0.15, -0.1) is 11.8 Å². The summed E-state index contributed by atoms with van der Waals surface area (Å²) in [7, 11) is 0. The Kier molecular flexibility index (Phi) is 4.87. The van der Waals surface area contributed by atoms with Crippen LogP contribution in [0.25, 0.3) is 0 Å². The average molecular weight is 287 g/mol. The van der Waals surface area contributed by atoms with Gasteiger partial charge in [0.25, 0.3) is 0 Å². The first kappa shape index (κ1) is 12.8. The van der Waals surface area contributed by atoms with Gasteiger partial charge >= 0.3 is 0 Å². The molecule has 1 aromatic rings. The van der Waals surface area contributed by atoms with E-state index in [1.807, 2.05) is 18.2 Å². The van der Waals surface area contributed by atoms with E-state index in [2.05, 4.69) is 36.7 Å². The first-order valence-corrected chi connectivity index (χ1v) is 6.63. The van der Waals surface area contributed by atoms with Gasteiger partial charge in [-0.25, -0.2) is 0 Å². The van der Waals surface area contributed by atoms with Crippen LogP contribution in [0.4, 0.5) is 0 Å². The first-order valence-electron chi connectivity index (χ1n) is 4.96. The summed E-state index contributed by atoms with van der Waals surface area (Å²) >= 11 is 5.18. The van der Waals surface area contributed by atoms with Crippen molar-refractivity contribution in [3.05, 3.63) is 28.2 Å². The standard InChI is InChI=1S/C12H15BrOS/c1-8(2)9(3)15-12-6-11(13)5-4-10(12)7-14/h4-9H,1-3H3. The molecule has 15 heavy (non-hydrogen) atoms. The van der Waals surface area contributed by atoms with Gasteiger partial charge in [-0.05, 0) is 24.1 Å². The van der Waals surface area contributed by atoms with E-state index in [1.54, 1.807) is 11.8 Å². The van der Waals surface area contributed by atoms with Crippen molar-refractivity contribution in [2.24, 2.45) is 5.92 Å². The Morgan fingerprint density at radius 2 is 2.00 bits per heavy atom. The summed E-state index contributed by atoms with van der Waals surface area (Å²) < 4.78 is 1.02. The number of benzene rings is 1. The zero-order valence-corrected chi connectivity index (χ0v) is 11.6. The van der Waals surface area contributed by atoms with Gasteiger partial charge in [-0.2, -0.15) is 0 Å². The molecule has 0 spiro atoms. The van der Waals surface area contributed by atoms with Crippen LogP contribution in [0.5, 0.6) is 0 Å². The quantitative estimate of drug-likeness (QED) is 0.603. The normalized spacial score (nSPS) is 12.9. The maximum atomic E-state index is 10.9. The number of hydrogen-bond donors (Lipinski definition) is 0. The molecule has 1 unspecified atom stereocenters. The van der Waals surface area contributed by atoms with Gasteiger partial charge in [-0.1, -0.05) is 36.7 Å². The van der Waals surface area contributed by atoms with Crippen LogP contribution < -0.4 is 0 Å². The molecule has 0 saturated carbocycles. The van der Waals surface area contributed by atoms with Crippen molar-refractivity contribution < 1.29 is 4.79 Å². The van der Waals surface area contributed by atoms with Gasteiger partial charge in [0.1, 0.15) is 0 Å². The van der Waals surface area contributed by atoms with Crippen LogP contribution in [0.15, 0.2) is 27.6 Å². The molecule has 0 heterocycles. The summed E-state index contributed by atoms with van der Waals surface area (Å²) in [5.74, 6) is 0.605. The zero-order chi connectivity index (χ0) is 11.4. The van der Waals surface area contributed by atoms with E-state index in [4.69, 9.17) is 0 Å². The van der Waals surface area contributed by atoms with Crippen molar-refractivity contribution in [1.82, 2.24) is 0 Å². The van der Waals surface area contributed by atoms with E-state index < -0.39 is 0 Å². The lowest BCUT2D eigenvalue weighted by Crippen LogP contribution is -2.05. The van der Waals surface area contributed by atoms with Crippen molar-refractivity contribution in [2.75, 3.05) is 0 Å². The Bertz CT molecular complexity index is 349. The second kappa shape index (κ2) is 5.71. The average Bonchev–Trinajstić information content (AvgIpc) is 2.18. The topological polar surface area (TPSA) is 17.1 Å². The van der Waals surface area contributed by atoms with Crippen LogP contribution in [0, 0.1) is 5.92 Å². The lowest BCUT2D eigenvalue weighted by atomic mass is 10.2. The molecule has 0 bridgehead atoms. The molecule has 0 amide bonds. The van der Waals surface area contributed by atoms with Gasteiger partial charge in [0.2, 0.25) is 0 Å². The van der Waals surface area contributed by atoms with Gasteiger partial charge in [0, 0.05) is 20.2 Å². The van der Waals surface area contributed by atoms with Crippen LogP contribution in [0.2, 0.25) is 0 Å². The maximum Gasteiger partial charge on any atom is 0.151 e. The molecule has 1 aromatic carbocycles. The number of thioether (sulfide) groups is 1. The third kappa shape index (κ3) is 3.65. The minimum absolute atomic E-state index is 0.512. The van der Waals surface area contributed by atoms with Crippen LogP contribution >= 0.6 is 27.7 Å². The SMILES string of the molecule is CC(C)C(C)Sc1cc(Br)ccc1C=O. The molecule has 1 nitrogen and oxygen atoms in total. The lowest BCUT2D eigenvalue weighted by molar-refractivity contribution is 0.112. The minimum Gasteiger partial charge on any atom is -0.298 e. The van der Waals surface area contributed by atoms with Crippen molar-refractivity contribution in [1.29, 1.82) is 0 Å². The number of halogens is 1. The number of hydrogen-bond acceptors (Lipinski definition) is 2. The molecule has 0 radical (unpaired) electrons. The van der Waals surface area contributed by atoms with Crippen LogP contribution in [-0.4, -0.2) is 11.5 Å². The molecule has 3 heteroatoms. The fourth-order valence-electron chi connectivity index (χ4n) is 1.04. The van der Waals surface area contributed by atoms with Gasteiger partial charge in [0.15, 0.2) is 6.29 Å². The van der Waals surface area contributed by atoms with Crippen LogP contribution in [0.1, 0.15) is 31.1 Å². The molecule has 0 aromatic heterocycles. The van der Waals surface area contributed by atoms with E-state index >= 15 is 0 Å². The number of aldehydes is 1. The Morgan fingerprint density at radius 3 is 2.53 bits per heavy atom. The molecule has 0 fully saturated rings. The summed E-state index contributed by atoms with van der Waals surface area (Å²) in [6, 6.07) is 5.76. The smallest absolute Gasteiger partial charge is 0.151 e. The zero-order valence-electron chi connectivity index (χ0n) is 9.16. The highest BCUT2D eigenvalue weighted by Crippen LogP contribution is 2.31. The molecule has 1 rings (SSSR count). The van der Waals surface area contributed by atoms with Crippen molar-refractivity contribution in [2.45, 2.75) is 30.9 Å². The molecule has 0 aliphatic heterocycles. The minimum atomic E-state index is 0.512. The third-order valence-electron chi connectivity index (χ3n) is 2.35. The Labute approximate surface area is 104 Å². The van der Waals surface area contributed by atoms with Gasteiger partial charge < -0.3 is 0 Å². The van der Waals surface area contributed by atoms with Crippen molar-refractivity contribution in [3.63, 3.8) is 0 Å². The molecule has 0 saturated heterocycles. The summed E-state index contributed by atoms with van der Waals surface area (Å²) in [4.78, 5) is 11.9. The molecule has 0 N–H and O–H groups in total. The fraction of sp³-hybridized carbons (Fsp3) is 0.417. The highest BCUT2D eigenvalue weighted by molar-refractivity contribution is 9.10. The molecule has 1 atom stereocenters. The van der Waals surface area contributed by atoms with E-state index in [1.165, 1.54) is 0 Å². The second-order valence-electron chi connectivity index (χ2n) is 3.87. The Morgan fingerprint density at radius 1 is 1.33 bits per heavy atom. The molecule has 0 aliphatic rings. The second-order valence-corrected chi connectivity index (χ2v) is 6.20. The number of carbonyl (C=O) groups excluding carboxylic acids is 1. The maximum absolute atomic E-state index is 10.9. The van der Waals surface area contributed by atoms with Crippen molar-refractivity contribution in [3.8, 4) is 0 Å². The van der Waals surface area contributed by atoms with Crippen LogP contribution in [-0.2, 0) is 0 Å². The van der Waals surface area contributed by atoms with E-state index in [-0.39, 0.29) is 0 Å². The third-order valence-corrected chi connectivity index (χ3v) is 4.37. The predicted octanol–water partition coefficient (Wildman–Crippen LogP) is 4.40. The fourth-order valence-corrected chi connectivity index (χ4v) is 2.68. The van der Waals surface area contributed by atoms with E-state index in [0.29, 0.717) is 11.2 Å². The van der Waals surface area contributed by atoms with Gasteiger partial charge in [-0.3, -0.25) is 4.79 Å². The monoisotopic (exact) mass is 286 g/mol. The predicted molar refractivity (Wildman–Crippen MR) is 69.7 cm³/mol. The van der Waals surface area contributed by atoms with E-state index in [9.17, 15) is 4.79 Å². The first-order chi connectivity index (χ1) is 7.04. The highest BCUT2D eigenvalue weighted by atomic mass is 79.9. The Hall–Kier alpha value is -0.280. The van der Waals surface area contributed by atoms with Gasteiger partial charge in [0.05, 0.1) is 0 Å². The number of rotatable bonds is 4. The highest BCUT2D eigenvalue weighted by Gasteiger charge is 2.11. The Balaban J connectivity index is 2.92. The molecule has 0 aliphatic carbocycles. The largest absolute Gasteiger partial charge is 0.298 e. The summed E-state index contributed by atoms with van der Waals surface area (Å²) in [5, 5.41) is 0.512. The number of carbonyl (C=O) groups is 1. The lowest BCUT2D eigenvalue weighted by Gasteiger charge is -2.16. The molecular weight excluding hydrogens is 272 g/mol. The molecular formula is C12H15BrOS.